The van der Waals surface area contributed by atoms with Gasteiger partial charge in [-0.25, -0.2) is 15.6 Å². The molecule has 2 aromatic rings. The third-order valence-electron chi connectivity index (χ3n) is 2.22. The summed E-state index contributed by atoms with van der Waals surface area (Å²) in [5.41, 5.74) is 2.95. The molecule has 0 bridgehead atoms. The van der Waals surface area contributed by atoms with Crippen molar-refractivity contribution in [2.24, 2.45) is 5.84 Å². The lowest BCUT2D eigenvalue weighted by Gasteiger charge is -2.01. The van der Waals surface area contributed by atoms with Gasteiger partial charge in [-0.1, -0.05) is 0 Å². The van der Waals surface area contributed by atoms with Crippen LogP contribution >= 0.6 is 11.3 Å². The number of carbonyl (C=O) groups excluding carboxylic acids is 1. The number of nitrogens with one attached hydrogen (secondary N) is 1. The number of nitrogens with two attached hydrogens (primary N) is 1. The highest BCUT2D eigenvalue weighted by Gasteiger charge is 2.10. The maximum absolute atomic E-state index is 11.6. The Hall–Kier alpha value is -2.06. The van der Waals surface area contributed by atoms with Crippen LogP contribution in [0.1, 0.15) is 21.2 Å². The molecule has 18 heavy (non-hydrogen) atoms. The monoisotopic (exact) mass is 265 g/mol. The Morgan fingerprint density at radius 3 is 3.00 bits per heavy atom. The molecular weight excluding hydrogens is 254 g/mol. The van der Waals surface area contributed by atoms with Gasteiger partial charge in [0.2, 0.25) is 0 Å². The highest BCUT2D eigenvalue weighted by Crippen LogP contribution is 2.10. The Bertz CT molecular complexity index is 633. The summed E-state index contributed by atoms with van der Waals surface area (Å²) >= 11 is 1.17. The maximum Gasteiger partial charge on any atom is 0.348 e. The summed E-state index contributed by atoms with van der Waals surface area (Å²) in [5, 5.41) is 1.97. The molecule has 2 aromatic heterocycles. The smallest absolute Gasteiger partial charge is 0.293 e. The van der Waals surface area contributed by atoms with E-state index in [1.165, 1.54) is 15.9 Å². The number of hydrogen-bond acceptors (Lipinski definition) is 6. The van der Waals surface area contributed by atoms with Gasteiger partial charge in [-0.05, 0) is 13.0 Å². The largest absolute Gasteiger partial charge is 0.348 e. The molecule has 2 heterocycles. The molecule has 3 N–H and O–H groups in total. The summed E-state index contributed by atoms with van der Waals surface area (Å²) in [7, 11) is 0. The summed E-state index contributed by atoms with van der Waals surface area (Å²) < 4.78 is 1.42. The lowest BCUT2D eigenvalue weighted by molar-refractivity contribution is 0.0953. The van der Waals surface area contributed by atoms with E-state index in [2.05, 4.69) is 9.97 Å². The second-order valence-corrected chi connectivity index (χ2v) is 4.45. The van der Waals surface area contributed by atoms with Crippen molar-refractivity contribution in [2.45, 2.75) is 13.5 Å². The first kappa shape index (κ1) is 12.4. The number of nitrogen functional groups attached to an aromatic ring is 1. The standard InChI is InChI=1S/C10H11N5O2S/c1-6-2-3-15(10(17)12-6)4-7-5-18-9(13-7)8(16)14-11/h2-3,5H,4,11H2,1H3,(H,14,16). The molecule has 0 saturated carbocycles. The summed E-state index contributed by atoms with van der Waals surface area (Å²) in [6.45, 7) is 2.03. The van der Waals surface area contributed by atoms with Gasteiger partial charge in [0.1, 0.15) is 0 Å². The molecule has 1 amide bonds. The first-order valence-corrected chi connectivity index (χ1v) is 5.97. The van der Waals surface area contributed by atoms with Crippen LogP contribution in [0.4, 0.5) is 0 Å². The fraction of sp³-hybridized carbons (Fsp3) is 0.200. The average Bonchev–Trinajstić information content (AvgIpc) is 2.80. The molecule has 0 aliphatic heterocycles. The Balaban J connectivity index is 2.21. The quantitative estimate of drug-likeness (QED) is 0.449. The molecule has 2 rings (SSSR count). The third kappa shape index (κ3) is 2.60. The van der Waals surface area contributed by atoms with Crippen molar-refractivity contribution in [1.82, 2.24) is 20.0 Å². The molecule has 0 spiro atoms. The number of hydrogen-bond donors (Lipinski definition) is 2. The molecule has 0 aromatic carbocycles. The van der Waals surface area contributed by atoms with Crippen molar-refractivity contribution in [2.75, 3.05) is 0 Å². The van der Waals surface area contributed by atoms with Crippen molar-refractivity contribution in [3.8, 4) is 0 Å². The van der Waals surface area contributed by atoms with Gasteiger partial charge < -0.3 is 0 Å². The predicted molar refractivity (Wildman–Crippen MR) is 66.1 cm³/mol. The van der Waals surface area contributed by atoms with Gasteiger partial charge >= 0.3 is 5.69 Å². The van der Waals surface area contributed by atoms with Crippen LogP contribution in [-0.4, -0.2) is 20.4 Å². The zero-order valence-corrected chi connectivity index (χ0v) is 10.4. The van der Waals surface area contributed by atoms with Crippen molar-refractivity contribution >= 4 is 17.2 Å². The zero-order chi connectivity index (χ0) is 13.1. The molecule has 0 aliphatic carbocycles. The van der Waals surface area contributed by atoms with Crippen molar-refractivity contribution in [3.63, 3.8) is 0 Å². The molecule has 0 unspecified atom stereocenters. The lowest BCUT2D eigenvalue weighted by atomic mass is 10.4. The van der Waals surface area contributed by atoms with E-state index >= 15 is 0 Å². The lowest BCUT2D eigenvalue weighted by Crippen LogP contribution is -2.30. The van der Waals surface area contributed by atoms with E-state index in [0.717, 1.165) is 0 Å². The second kappa shape index (κ2) is 5.07. The van der Waals surface area contributed by atoms with E-state index in [4.69, 9.17) is 5.84 Å². The van der Waals surface area contributed by atoms with Gasteiger partial charge in [0, 0.05) is 17.3 Å². The molecule has 7 nitrogen and oxygen atoms in total. The number of nitrogens with zero attached hydrogens (tertiary/aromatic N) is 3. The minimum atomic E-state index is -0.444. The van der Waals surface area contributed by atoms with Crippen LogP contribution in [-0.2, 0) is 6.54 Å². The number of rotatable bonds is 3. The number of amides is 1. The number of carbonyl (C=O) groups is 1. The van der Waals surface area contributed by atoms with Crippen LogP contribution in [0.3, 0.4) is 0 Å². The Morgan fingerprint density at radius 2 is 2.33 bits per heavy atom. The van der Waals surface area contributed by atoms with E-state index in [1.54, 1.807) is 24.6 Å². The molecule has 0 aliphatic rings. The molecule has 0 radical (unpaired) electrons. The fourth-order valence-corrected chi connectivity index (χ4v) is 2.07. The summed E-state index contributed by atoms with van der Waals surface area (Å²) in [6, 6.07) is 1.74. The predicted octanol–water partition coefficient (Wildman–Crippen LogP) is -0.340. The van der Waals surface area contributed by atoms with Crippen molar-refractivity contribution < 1.29 is 4.79 Å². The minimum Gasteiger partial charge on any atom is -0.293 e. The number of thiazole rings is 1. The summed E-state index contributed by atoms with van der Waals surface area (Å²) in [6.07, 6.45) is 1.65. The molecule has 0 atom stereocenters. The first-order valence-electron chi connectivity index (χ1n) is 5.09. The zero-order valence-electron chi connectivity index (χ0n) is 9.58. The summed E-state index contributed by atoms with van der Waals surface area (Å²) in [4.78, 5) is 30.7. The van der Waals surface area contributed by atoms with Crippen LogP contribution in [0.15, 0.2) is 22.4 Å². The van der Waals surface area contributed by atoms with Crippen LogP contribution in [0.5, 0.6) is 0 Å². The van der Waals surface area contributed by atoms with Crippen LogP contribution < -0.4 is 17.0 Å². The first-order chi connectivity index (χ1) is 8.60. The molecule has 8 heteroatoms. The number of hydrazine groups is 1. The Kier molecular flexibility index (Phi) is 3.49. The Morgan fingerprint density at radius 1 is 1.56 bits per heavy atom. The SMILES string of the molecule is Cc1ccn(Cc2csc(C(=O)NN)n2)c(=O)n1. The van der Waals surface area contributed by atoms with Gasteiger partial charge in [0.25, 0.3) is 5.91 Å². The van der Waals surface area contributed by atoms with E-state index in [-0.39, 0.29) is 17.2 Å². The van der Waals surface area contributed by atoms with Crippen molar-refractivity contribution in [1.29, 1.82) is 0 Å². The topological polar surface area (TPSA) is 103 Å². The number of aromatic nitrogens is 3. The van der Waals surface area contributed by atoms with Gasteiger partial charge in [-0.15, -0.1) is 11.3 Å². The third-order valence-corrected chi connectivity index (χ3v) is 3.11. The Labute approximate surface area is 106 Å². The van der Waals surface area contributed by atoms with E-state index < -0.39 is 5.91 Å². The van der Waals surface area contributed by atoms with Gasteiger partial charge in [0.05, 0.1) is 12.2 Å². The highest BCUT2D eigenvalue weighted by molar-refractivity contribution is 7.11. The summed E-state index contributed by atoms with van der Waals surface area (Å²) in [5.74, 6) is 4.56. The van der Waals surface area contributed by atoms with Gasteiger partial charge in [-0.2, -0.15) is 4.98 Å². The normalized spacial score (nSPS) is 10.3. The van der Waals surface area contributed by atoms with Gasteiger partial charge in [0.15, 0.2) is 5.01 Å². The van der Waals surface area contributed by atoms with E-state index in [0.29, 0.717) is 11.4 Å². The fourth-order valence-electron chi connectivity index (χ4n) is 1.35. The maximum atomic E-state index is 11.6. The van der Waals surface area contributed by atoms with Crippen LogP contribution in [0.2, 0.25) is 0 Å². The second-order valence-electron chi connectivity index (χ2n) is 3.60. The highest BCUT2D eigenvalue weighted by atomic mass is 32.1. The average molecular weight is 265 g/mol. The van der Waals surface area contributed by atoms with Gasteiger partial charge in [-0.3, -0.25) is 14.8 Å². The van der Waals surface area contributed by atoms with Crippen LogP contribution in [0.25, 0.3) is 0 Å². The molecule has 94 valence electrons. The van der Waals surface area contributed by atoms with Crippen molar-refractivity contribution in [3.05, 3.63) is 44.5 Å². The molecule has 0 fully saturated rings. The van der Waals surface area contributed by atoms with E-state index in [9.17, 15) is 9.59 Å². The minimum absolute atomic E-state index is 0.264. The van der Waals surface area contributed by atoms with E-state index in [1.807, 2.05) is 5.43 Å². The number of aryl methyl sites for hydroxylation is 1. The molecular formula is C10H11N5O2S. The van der Waals surface area contributed by atoms with Crippen LogP contribution in [0, 0.1) is 6.92 Å². The molecule has 0 saturated heterocycles.